The summed E-state index contributed by atoms with van der Waals surface area (Å²) in [6.45, 7) is 2.37. The maximum Gasteiger partial charge on any atom is 0.303 e. The number of hydrogen-bond acceptors (Lipinski definition) is 4. The van der Waals surface area contributed by atoms with Crippen LogP contribution in [-0.2, 0) is 14.4 Å². The minimum atomic E-state index is -0.804. The summed E-state index contributed by atoms with van der Waals surface area (Å²) in [6.07, 6.45) is 1.44. The van der Waals surface area contributed by atoms with Gasteiger partial charge in [0.1, 0.15) is 0 Å². The third-order valence-electron chi connectivity index (χ3n) is 2.60. The van der Waals surface area contributed by atoms with Gasteiger partial charge in [-0.1, -0.05) is 5.16 Å². The predicted molar refractivity (Wildman–Crippen MR) is 61.7 cm³/mol. The lowest BCUT2D eigenvalue weighted by Gasteiger charge is -2.19. The Hall–Kier alpha value is -1.59. The van der Waals surface area contributed by atoms with Gasteiger partial charge in [0.25, 0.3) is 5.91 Å². The fourth-order valence-electron chi connectivity index (χ4n) is 1.61. The highest BCUT2D eigenvalue weighted by atomic mass is 16.6. The van der Waals surface area contributed by atoms with Gasteiger partial charge in [-0.2, -0.15) is 0 Å². The van der Waals surface area contributed by atoms with E-state index in [1.165, 1.54) is 0 Å². The second-order valence-corrected chi connectivity index (χ2v) is 4.24. The van der Waals surface area contributed by atoms with Crippen molar-refractivity contribution in [3.8, 4) is 0 Å². The molecule has 1 unspecified atom stereocenters. The smallest absolute Gasteiger partial charge is 0.303 e. The zero-order chi connectivity index (χ0) is 12.8. The van der Waals surface area contributed by atoms with Crippen molar-refractivity contribution in [2.24, 2.45) is 5.16 Å². The Morgan fingerprint density at radius 3 is 2.76 bits per heavy atom. The lowest BCUT2D eigenvalue weighted by molar-refractivity contribution is -0.140. The second-order valence-electron chi connectivity index (χ2n) is 4.24. The molecule has 0 aromatic heterocycles. The first kappa shape index (κ1) is 13.5. The molecule has 96 valence electrons. The number of likely N-dealkylation sites (N-methyl/N-ethyl adjacent to an activating group) is 1. The standard InChI is InChI=1S/C11H18N2O4/c1-8-7-9(17-12-8)11(16)13(2)6-4-3-5-10(14)15/h9H,3-7H2,1-2H3,(H,14,15). The summed E-state index contributed by atoms with van der Waals surface area (Å²) < 4.78 is 0. The molecule has 1 N–H and O–H groups in total. The molecular weight excluding hydrogens is 224 g/mol. The van der Waals surface area contributed by atoms with Gasteiger partial charge in [0.15, 0.2) is 0 Å². The lowest BCUT2D eigenvalue weighted by atomic mass is 10.1. The Kier molecular flexibility index (Phi) is 4.93. The first-order valence-corrected chi connectivity index (χ1v) is 5.66. The van der Waals surface area contributed by atoms with Crippen LogP contribution in [0.25, 0.3) is 0 Å². The van der Waals surface area contributed by atoms with Gasteiger partial charge in [-0.3, -0.25) is 9.59 Å². The van der Waals surface area contributed by atoms with Crippen molar-refractivity contribution in [2.75, 3.05) is 13.6 Å². The topological polar surface area (TPSA) is 79.2 Å². The maximum atomic E-state index is 11.8. The Balaban J connectivity index is 2.21. The van der Waals surface area contributed by atoms with E-state index in [2.05, 4.69) is 5.16 Å². The molecule has 0 aromatic carbocycles. The maximum absolute atomic E-state index is 11.8. The number of nitrogens with zero attached hydrogens (tertiary/aromatic N) is 2. The van der Waals surface area contributed by atoms with E-state index in [0.29, 0.717) is 25.8 Å². The molecule has 1 aliphatic rings. The molecule has 17 heavy (non-hydrogen) atoms. The van der Waals surface area contributed by atoms with Crippen LogP contribution < -0.4 is 0 Å². The van der Waals surface area contributed by atoms with Crippen molar-refractivity contribution in [3.05, 3.63) is 0 Å². The van der Waals surface area contributed by atoms with E-state index in [4.69, 9.17) is 9.94 Å². The normalized spacial score (nSPS) is 18.5. The molecule has 0 aliphatic carbocycles. The molecule has 0 bridgehead atoms. The van der Waals surface area contributed by atoms with Gasteiger partial charge in [-0.25, -0.2) is 0 Å². The molecule has 0 aromatic rings. The SMILES string of the molecule is CC1=NOC(C(=O)N(C)CCCCC(=O)O)C1. The summed E-state index contributed by atoms with van der Waals surface area (Å²) in [4.78, 5) is 28.7. The average Bonchev–Trinajstić information content (AvgIpc) is 2.69. The highest BCUT2D eigenvalue weighted by molar-refractivity contribution is 5.91. The van der Waals surface area contributed by atoms with Crippen LogP contribution in [0.3, 0.4) is 0 Å². The fourth-order valence-corrected chi connectivity index (χ4v) is 1.61. The van der Waals surface area contributed by atoms with E-state index in [-0.39, 0.29) is 12.3 Å². The van der Waals surface area contributed by atoms with E-state index in [9.17, 15) is 9.59 Å². The molecule has 0 saturated carbocycles. The highest BCUT2D eigenvalue weighted by Crippen LogP contribution is 2.12. The number of carboxylic acids is 1. The third-order valence-corrected chi connectivity index (χ3v) is 2.60. The van der Waals surface area contributed by atoms with Gasteiger partial charge in [0.2, 0.25) is 6.10 Å². The van der Waals surface area contributed by atoms with Crippen LogP contribution in [-0.4, -0.2) is 47.3 Å². The molecule has 0 fully saturated rings. The van der Waals surface area contributed by atoms with Crippen LogP contribution in [0.4, 0.5) is 0 Å². The number of rotatable bonds is 6. The number of unbranched alkanes of at least 4 members (excludes halogenated alkanes) is 1. The number of carboxylic acid groups (broad SMARTS) is 1. The molecule has 1 heterocycles. The number of carbonyl (C=O) groups excluding carboxylic acids is 1. The van der Waals surface area contributed by atoms with Gasteiger partial charge >= 0.3 is 5.97 Å². The summed E-state index contributed by atoms with van der Waals surface area (Å²) in [6, 6.07) is 0. The predicted octanol–water partition coefficient (Wildman–Crippen LogP) is 0.864. The number of oxime groups is 1. The summed E-state index contributed by atoms with van der Waals surface area (Å²) in [5.74, 6) is -0.900. The quantitative estimate of drug-likeness (QED) is 0.701. The highest BCUT2D eigenvalue weighted by Gasteiger charge is 2.28. The largest absolute Gasteiger partial charge is 0.481 e. The summed E-state index contributed by atoms with van der Waals surface area (Å²) in [5, 5.41) is 12.2. The Bertz CT molecular complexity index is 327. The second kappa shape index (κ2) is 6.22. The number of aliphatic carboxylic acids is 1. The molecule has 6 heteroatoms. The van der Waals surface area contributed by atoms with E-state index < -0.39 is 12.1 Å². The zero-order valence-electron chi connectivity index (χ0n) is 10.2. The summed E-state index contributed by atoms with van der Waals surface area (Å²) >= 11 is 0. The molecular formula is C11H18N2O4. The molecule has 1 aliphatic heterocycles. The van der Waals surface area contributed by atoms with Gasteiger partial charge in [-0.15, -0.1) is 0 Å². The van der Waals surface area contributed by atoms with E-state index >= 15 is 0 Å². The zero-order valence-corrected chi connectivity index (χ0v) is 10.2. The number of carbonyl (C=O) groups is 2. The Morgan fingerprint density at radius 2 is 2.24 bits per heavy atom. The van der Waals surface area contributed by atoms with Gasteiger partial charge in [0, 0.05) is 26.4 Å². The Morgan fingerprint density at radius 1 is 1.53 bits per heavy atom. The van der Waals surface area contributed by atoms with Crippen LogP contribution in [0.2, 0.25) is 0 Å². The van der Waals surface area contributed by atoms with E-state index in [1.807, 2.05) is 6.92 Å². The Labute approximate surface area is 100 Å². The average molecular weight is 242 g/mol. The molecule has 0 saturated heterocycles. The van der Waals surface area contributed by atoms with Crippen molar-refractivity contribution in [3.63, 3.8) is 0 Å². The molecule has 1 amide bonds. The third kappa shape index (κ3) is 4.42. The molecule has 0 spiro atoms. The van der Waals surface area contributed by atoms with E-state index in [0.717, 1.165) is 5.71 Å². The number of amides is 1. The minimum Gasteiger partial charge on any atom is -0.481 e. The van der Waals surface area contributed by atoms with Crippen molar-refractivity contribution >= 4 is 17.6 Å². The lowest BCUT2D eigenvalue weighted by Crippen LogP contribution is -2.37. The first-order chi connectivity index (χ1) is 8.00. The van der Waals surface area contributed by atoms with Crippen LogP contribution in [0.5, 0.6) is 0 Å². The molecule has 6 nitrogen and oxygen atoms in total. The van der Waals surface area contributed by atoms with Gasteiger partial charge < -0.3 is 14.8 Å². The van der Waals surface area contributed by atoms with Gasteiger partial charge in [0.05, 0.1) is 5.71 Å². The van der Waals surface area contributed by atoms with Gasteiger partial charge in [-0.05, 0) is 19.8 Å². The van der Waals surface area contributed by atoms with E-state index in [1.54, 1.807) is 11.9 Å². The monoisotopic (exact) mass is 242 g/mol. The van der Waals surface area contributed by atoms with Crippen molar-refractivity contribution < 1.29 is 19.5 Å². The number of hydrogen-bond donors (Lipinski definition) is 1. The molecule has 0 radical (unpaired) electrons. The van der Waals surface area contributed by atoms with Crippen molar-refractivity contribution in [1.29, 1.82) is 0 Å². The summed E-state index contributed by atoms with van der Waals surface area (Å²) in [7, 11) is 1.69. The molecule has 1 atom stereocenters. The van der Waals surface area contributed by atoms with Crippen LogP contribution in [0.15, 0.2) is 5.16 Å². The van der Waals surface area contributed by atoms with Crippen LogP contribution >= 0.6 is 0 Å². The van der Waals surface area contributed by atoms with Crippen LogP contribution in [0, 0.1) is 0 Å². The minimum absolute atomic E-state index is 0.0964. The van der Waals surface area contributed by atoms with Crippen molar-refractivity contribution in [1.82, 2.24) is 4.90 Å². The molecule has 1 rings (SSSR count). The summed E-state index contributed by atoms with van der Waals surface area (Å²) in [5.41, 5.74) is 0.822. The van der Waals surface area contributed by atoms with Crippen molar-refractivity contribution in [2.45, 2.75) is 38.7 Å². The fraction of sp³-hybridized carbons (Fsp3) is 0.727. The van der Waals surface area contributed by atoms with Crippen LogP contribution in [0.1, 0.15) is 32.6 Å². The first-order valence-electron chi connectivity index (χ1n) is 5.66.